The minimum atomic E-state index is -1.28. The fraction of sp³-hybridized carbons (Fsp3) is 0.357. The third-order valence-electron chi connectivity index (χ3n) is 6.82. The van der Waals surface area contributed by atoms with Gasteiger partial charge in [0.25, 0.3) is 0 Å². The van der Waals surface area contributed by atoms with Gasteiger partial charge in [0.1, 0.15) is 18.1 Å². The molecule has 1 fully saturated rings. The Morgan fingerprint density at radius 1 is 0.872 bits per heavy atom. The summed E-state index contributed by atoms with van der Waals surface area (Å²) in [5, 5.41) is 31.2. The average molecular weight is 536 g/mol. The first-order chi connectivity index (χ1) is 18.9. The zero-order valence-corrected chi connectivity index (χ0v) is 21.4. The van der Waals surface area contributed by atoms with Crippen LogP contribution in [0, 0.1) is 0 Å². The maximum Gasteiger partial charge on any atom is 0.326 e. The third-order valence-corrected chi connectivity index (χ3v) is 6.82. The minimum Gasteiger partial charge on any atom is -0.480 e. The molecule has 1 aliphatic rings. The van der Waals surface area contributed by atoms with Crippen molar-refractivity contribution in [3.63, 3.8) is 0 Å². The normalized spacial score (nSPS) is 17.2. The molecule has 0 spiro atoms. The van der Waals surface area contributed by atoms with Crippen LogP contribution in [0.2, 0.25) is 0 Å². The van der Waals surface area contributed by atoms with Crippen molar-refractivity contribution in [3.05, 3.63) is 71.9 Å². The Bertz CT molecular complexity index is 1300. The smallest absolute Gasteiger partial charge is 0.326 e. The van der Waals surface area contributed by atoms with Crippen LogP contribution in [0.5, 0.6) is 0 Å². The first kappa shape index (κ1) is 27.8. The second kappa shape index (κ2) is 13.0. The van der Waals surface area contributed by atoms with Crippen LogP contribution in [0.25, 0.3) is 10.9 Å². The largest absolute Gasteiger partial charge is 0.480 e. The van der Waals surface area contributed by atoms with E-state index in [-0.39, 0.29) is 12.8 Å². The number of fused-ring (bicyclic) bond motifs is 1. The molecule has 2 heterocycles. The number of para-hydroxylation sites is 1. The number of carboxylic acids is 1. The number of aromatic nitrogens is 1. The van der Waals surface area contributed by atoms with E-state index in [2.05, 4.69) is 26.3 Å². The maximum atomic E-state index is 13.4. The van der Waals surface area contributed by atoms with Gasteiger partial charge in [-0.1, -0.05) is 48.5 Å². The monoisotopic (exact) mass is 535 g/mol. The number of benzene rings is 2. The highest BCUT2D eigenvalue weighted by Gasteiger charge is 2.32. The number of aliphatic hydroxyl groups excluding tert-OH is 1. The van der Waals surface area contributed by atoms with Crippen molar-refractivity contribution in [2.24, 2.45) is 0 Å². The fourth-order valence-corrected chi connectivity index (χ4v) is 4.70. The van der Waals surface area contributed by atoms with Crippen LogP contribution < -0.4 is 21.3 Å². The molecule has 4 unspecified atom stereocenters. The van der Waals surface area contributed by atoms with Crippen LogP contribution in [-0.4, -0.2) is 76.2 Å². The average Bonchev–Trinajstić information content (AvgIpc) is 3.62. The summed E-state index contributed by atoms with van der Waals surface area (Å²) in [6, 6.07) is 12.2. The van der Waals surface area contributed by atoms with E-state index in [1.807, 2.05) is 30.3 Å². The Labute approximate surface area is 225 Å². The highest BCUT2D eigenvalue weighted by molar-refractivity contribution is 5.95. The molecule has 39 heavy (non-hydrogen) atoms. The van der Waals surface area contributed by atoms with Gasteiger partial charge >= 0.3 is 5.97 Å². The summed E-state index contributed by atoms with van der Waals surface area (Å²) >= 11 is 0. The number of aliphatic carboxylic acids is 1. The van der Waals surface area contributed by atoms with Gasteiger partial charge in [0, 0.05) is 29.9 Å². The predicted octanol–water partition coefficient (Wildman–Crippen LogP) is 0.236. The van der Waals surface area contributed by atoms with Crippen LogP contribution >= 0.6 is 0 Å². The van der Waals surface area contributed by atoms with Crippen molar-refractivity contribution in [2.75, 3.05) is 13.2 Å². The molecular weight excluding hydrogens is 502 g/mol. The van der Waals surface area contributed by atoms with E-state index in [1.54, 1.807) is 30.5 Å². The minimum absolute atomic E-state index is 0.0511. The Hall–Kier alpha value is -4.22. The number of rotatable bonds is 12. The number of carboxylic acid groups (broad SMARTS) is 1. The van der Waals surface area contributed by atoms with Gasteiger partial charge in [0.05, 0.1) is 12.6 Å². The Morgan fingerprint density at radius 2 is 1.56 bits per heavy atom. The van der Waals surface area contributed by atoms with Crippen molar-refractivity contribution in [1.82, 2.24) is 26.3 Å². The summed E-state index contributed by atoms with van der Waals surface area (Å²) in [4.78, 5) is 54.2. The topological polar surface area (TPSA) is 173 Å². The van der Waals surface area contributed by atoms with E-state index >= 15 is 0 Å². The van der Waals surface area contributed by atoms with Crippen LogP contribution in [0.15, 0.2) is 60.8 Å². The predicted molar refractivity (Wildman–Crippen MR) is 144 cm³/mol. The van der Waals surface area contributed by atoms with Gasteiger partial charge in [-0.3, -0.25) is 14.4 Å². The number of hydrogen-bond acceptors (Lipinski definition) is 6. The molecule has 0 aliphatic carbocycles. The van der Waals surface area contributed by atoms with Crippen molar-refractivity contribution in [1.29, 1.82) is 0 Å². The lowest BCUT2D eigenvalue weighted by molar-refractivity contribution is -0.142. The third kappa shape index (κ3) is 7.21. The number of carbonyl (C=O) groups excluding carboxylic acids is 3. The second-order valence-corrected chi connectivity index (χ2v) is 9.61. The van der Waals surface area contributed by atoms with Crippen molar-refractivity contribution < 1.29 is 29.4 Å². The summed E-state index contributed by atoms with van der Waals surface area (Å²) < 4.78 is 0. The number of amides is 3. The highest BCUT2D eigenvalue weighted by atomic mass is 16.4. The Morgan fingerprint density at radius 3 is 2.26 bits per heavy atom. The van der Waals surface area contributed by atoms with Gasteiger partial charge in [-0.2, -0.15) is 0 Å². The zero-order valence-electron chi connectivity index (χ0n) is 21.4. The van der Waals surface area contributed by atoms with Crippen molar-refractivity contribution in [3.8, 4) is 0 Å². The lowest BCUT2D eigenvalue weighted by Crippen LogP contribution is -2.58. The van der Waals surface area contributed by atoms with Crippen LogP contribution in [0.4, 0.5) is 0 Å². The molecule has 11 heteroatoms. The summed E-state index contributed by atoms with van der Waals surface area (Å²) in [7, 11) is 0. The van der Waals surface area contributed by atoms with Gasteiger partial charge in [-0.15, -0.1) is 0 Å². The van der Waals surface area contributed by atoms with E-state index in [1.165, 1.54) is 0 Å². The molecule has 1 aliphatic heterocycles. The van der Waals surface area contributed by atoms with Crippen molar-refractivity contribution in [2.45, 2.75) is 49.9 Å². The standard InChI is InChI=1S/C28H33N5O6/c34-16-24(33-25(35)21-11-6-12-29-21)27(37)31-22(14-18-15-30-20-10-5-4-9-19(18)20)26(36)32-23(28(38)39)13-17-7-2-1-3-8-17/h1-5,7-10,15,21-24,29-30,34H,6,11-14,16H2,(H,31,37)(H,32,36)(H,33,35)(H,38,39). The molecule has 4 atom stereocenters. The number of aromatic amines is 1. The molecule has 1 saturated heterocycles. The maximum absolute atomic E-state index is 13.4. The Balaban J connectivity index is 1.52. The molecule has 3 amide bonds. The van der Waals surface area contributed by atoms with Crippen LogP contribution in [0.3, 0.4) is 0 Å². The van der Waals surface area contributed by atoms with Crippen LogP contribution in [-0.2, 0) is 32.0 Å². The SMILES string of the molecule is O=C(O)C(Cc1ccccc1)NC(=O)C(Cc1c[nH]c2ccccc12)NC(=O)C(CO)NC(=O)C1CCCN1. The Kier molecular flexibility index (Phi) is 9.29. The zero-order chi connectivity index (χ0) is 27.8. The molecule has 4 rings (SSSR count). The van der Waals surface area contributed by atoms with Crippen molar-refractivity contribution >= 4 is 34.6 Å². The molecule has 0 bridgehead atoms. The number of aliphatic hydroxyl groups is 1. The number of hydrogen-bond donors (Lipinski definition) is 7. The molecule has 7 N–H and O–H groups in total. The second-order valence-electron chi connectivity index (χ2n) is 9.61. The van der Waals surface area contributed by atoms with E-state index in [0.29, 0.717) is 13.0 Å². The van der Waals surface area contributed by atoms with E-state index < -0.39 is 54.5 Å². The first-order valence-electron chi connectivity index (χ1n) is 12.9. The lowest BCUT2D eigenvalue weighted by atomic mass is 10.0. The van der Waals surface area contributed by atoms with E-state index in [4.69, 9.17) is 0 Å². The highest BCUT2D eigenvalue weighted by Crippen LogP contribution is 2.19. The number of carbonyl (C=O) groups is 4. The molecule has 11 nitrogen and oxygen atoms in total. The molecule has 206 valence electrons. The van der Waals surface area contributed by atoms with Gasteiger partial charge in [-0.05, 0) is 36.6 Å². The quantitative estimate of drug-likeness (QED) is 0.174. The van der Waals surface area contributed by atoms with E-state index in [9.17, 15) is 29.4 Å². The van der Waals surface area contributed by atoms with Gasteiger partial charge < -0.3 is 36.5 Å². The van der Waals surface area contributed by atoms with E-state index in [0.717, 1.165) is 28.5 Å². The van der Waals surface area contributed by atoms with Gasteiger partial charge in [0.15, 0.2) is 0 Å². The molecule has 0 saturated carbocycles. The lowest BCUT2D eigenvalue weighted by Gasteiger charge is -2.24. The molecule has 1 aromatic heterocycles. The fourth-order valence-electron chi connectivity index (χ4n) is 4.70. The first-order valence-corrected chi connectivity index (χ1v) is 12.9. The summed E-state index contributed by atoms with van der Waals surface area (Å²) in [5.41, 5.74) is 2.31. The van der Waals surface area contributed by atoms with Crippen LogP contribution in [0.1, 0.15) is 24.0 Å². The molecule has 2 aromatic carbocycles. The summed E-state index contributed by atoms with van der Waals surface area (Å²) in [5.74, 6) is -3.07. The molecule has 3 aromatic rings. The molecule has 0 radical (unpaired) electrons. The number of H-pyrrole nitrogens is 1. The summed E-state index contributed by atoms with van der Waals surface area (Å²) in [6.45, 7) is 0.0200. The van der Waals surface area contributed by atoms with Gasteiger partial charge in [-0.25, -0.2) is 4.79 Å². The molecular formula is C28H33N5O6. The number of nitrogens with one attached hydrogen (secondary N) is 5. The summed E-state index contributed by atoms with van der Waals surface area (Å²) in [6.07, 6.45) is 3.28. The van der Waals surface area contributed by atoms with Gasteiger partial charge in [0.2, 0.25) is 17.7 Å².